The van der Waals surface area contributed by atoms with E-state index in [1.165, 1.54) is 83.5 Å². The Kier molecular flexibility index (Phi) is 19.5. The molecule has 0 aliphatic carbocycles. The van der Waals surface area contributed by atoms with Crippen molar-refractivity contribution in [2.75, 3.05) is 0 Å². The van der Waals surface area contributed by atoms with E-state index in [0.717, 1.165) is 19.3 Å². The molecule has 0 heterocycles. The normalized spacial score (nSPS) is 11.8. The average Bonchev–Trinajstić information content (AvgIpc) is 2.56. The van der Waals surface area contributed by atoms with Gasteiger partial charge in [-0.15, -0.1) is 0 Å². The van der Waals surface area contributed by atoms with Gasteiger partial charge in [-0.3, -0.25) is 0 Å². The molecule has 0 radical (unpaired) electrons. The van der Waals surface area contributed by atoms with E-state index in [-0.39, 0.29) is 0 Å². The van der Waals surface area contributed by atoms with E-state index in [0.29, 0.717) is 5.78 Å². The van der Waals surface area contributed by atoms with Crippen LogP contribution in [0.3, 0.4) is 0 Å². The Morgan fingerprint density at radius 1 is 0.625 bits per heavy atom. The summed E-state index contributed by atoms with van der Waals surface area (Å²) in [4.78, 5) is 10.8. The largest absolute Gasteiger partial charge is 0.300 e. The van der Waals surface area contributed by atoms with E-state index < -0.39 is 0 Å². The molecule has 0 aromatic rings. The van der Waals surface area contributed by atoms with Crippen LogP contribution in [0.2, 0.25) is 0 Å². The molecule has 0 aromatic carbocycles. The number of carbonyl (C=O) groups is 1. The van der Waals surface area contributed by atoms with E-state index in [9.17, 15) is 4.79 Å². The van der Waals surface area contributed by atoms with Crippen molar-refractivity contribution in [1.29, 1.82) is 0 Å². The van der Waals surface area contributed by atoms with Gasteiger partial charge in [-0.2, -0.15) is 0 Å². The minimum atomic E-state index is 0.340. The van der Waals surface area contributed by atoms with Crippen molar-refractivity contribution >= 4 is 5.78 Å². The number of Topliss-reactive ketones (excluding diaryl/α,β-unsaturated/α-hetero) is 1. The van der Waals surface area contributed by atoms with Crippen molar-refractivity contribution in [3.8, 4) is 0 Å². The van der Waals surface area contributed by atoms with Crippen LogP contribution in [0.25, 0.3) is 0 Å². The zero-order chi connectivity index (χ0) is 17.7. The summed E-state index contributed by atoms with van der Waals surface area (Å²) in [6.45, 7) is 3.95. The Morgan fingerprint density at radius 3 is 1.58 bits per heavy atom. The Bertz CT molecular complexity index is 314. The second kappa shape index (κ2) is 20.2. The second-order valence-electron chi connectivity index (χ2n) is 7.10. The summed E-state index contributed by atoms with van der Waals surface area (Å²) in [6.07, 6.45) is 29.6. The third-order valence-electron chi connectivity index (χ3n) is 4.48. The molecule has 0 N–H and O–H groups in total. The number of ketones is 1. The maximum atomic E-state index is 10.8. The highest BCUT2D eigenvalue weighted by atomic mass is 16.1. The van der Waals surface area contributed by atoms with Gasteiger partial charge < -0.3 is 4.79 Å². The summed E-state index contributed by atoms with van der Waals surface area (Å²) in [6, 6.07) is 0. The van der Waals surface area contributed by atoms with Gasteiger partial charge in [0.1, 0.15) is 5.78 Å². The van der Waals surface area contributed by atoms with Gasteiger partial charge in [-0.25, -0.2) is 0 Å². The average molecular weight is 335 g/mol. The molecular weight excluding hydrogens is 292 g/mol. The highest BCUT2D eigenvalue weighted by molar-refractivity contribution is 5.75. The first-order chi connectivity index (χ1) is 11.8. The minimum absolute atomic E-state index is 0.340. The molecular formula is C23H42O. The first kappa shape index (κ1) is 23.1. The van der Waals surface area contributed by atoms with E-state index in [2.05, 4.69) is 31.2 Å². The zero-order valence-electron chi connectivity index (χ0n) is 16.5. The number of carbonyl (C=O) groups excluding carboxylic acids is 1. The lowest BCUT2D eigenvalue weighted by atomic mass is 10.0. The van der Waals surface area contributed by atoms with Crippen molar-refractivity contribution in [3.63, 3.8) is 0 Å². The van der Waals surface area contributed by atoms with Gasteiger partial charge in [0.15, 0.2) is 0 Å². The molecule has 24 heavy (non-hydrogen) atoms. The van der Waals surface area contributed by atoms with Gasteiger partial charge >= 0.3 is 0 Å². The molecule has 0 atom stereocenters. The summed E-state index contributed by atoms with van der Waals surface area (Å²) in [5.74, 6) is 0.340. The molecule has 1 nitrogen and oxygen atoms in total. The molecule has 0 saturated carbocycles. The third kappa shape index (κ3) is 21.1. The van der Waals surface area contributed by atoms with Crippen molar-refractivity contribution in [2.24, 2.45) is 0 Å². The van der Waals surface area contributed by atoms with Gasteiger partial charge in [0.25, 0.3) is 0 Å². The SMILES string of the molecule is CCCCC/C=C\C/C=C\CCCCCCCCCCCC(C)=O. The standard InChI is InChI=1S/C23H42O/c1-3-4-5-6-7-8-9-10-11-12-13-14-15-16-17-18-19-20-21-22-23(2)24/h7-8,10-11H,3-6,9,12-22H2,1-2H3/b8-7-,11-10-. The van der Waals surface area contributed by atoms with Gasteiger partial charge in [0.2, 0.25) is 0 Å². The van der Waals surface area contributed by atoms with Crippen LogP contribution in [-0.2, 0) is 4.79 Å². The van der Waals surface area contributed by atoms with Crippen molar-refractivity contribution in [1.82, 2.24) is 0 Å². The van der Waals surface area contributed by atoms with E-state index in [1.807, 2.05) is 0 Å². The Hall–Kier alpha value is -0.850. The topological polar surface area (TPSA) is 17.1 Å². The molecule has 0 aromatic heterocycles. The Morgan fingerprint density at radius 2 is 1.08 bits per heavy atom. The molecule has 0 unspecified atom stereocenters. The van der Waals surface area contributed by atoms with Gasteiger partial charge in [-0.1, -0.05) is 89.0 Å². The van der Waals surface area contributed by atoms with E-state index >= 15 is 0 Å². The Labute approximate surface area is 152 Å². The first-order valence-electron chi connectivity index (χ1n) is 10.6. The van der Waals surface area contributed by atoms with Crippen LogP contribution in [0.4, 0.5) is 0 Å². The maximum Gasteiger partial charge on any atom is 0.129 e. The predicted molar refractivity (Wildman–Crippen MR) is 109 cm³/mol. The number of hydrogen-bond donors (Lipinski definition) is 0. The van der Waals surface area contributed by atoms with Crippen molar-refractivity contribution in [3.05, 3.63) is 24.3 Å². The van der Waals surface area contributed by atoms with Crippen LogP contribution >= 0.6 is 0 Å². The number of unbranched alkanes of at least 4 members (excludes halogenated alkanes) is 12. The smallest absolute Gasteiger partial charge is 0.129 e. The van der Waals surface area contributed by atoms with Gasteiger partial charge in [-0.05, 0) is 45.4 Å². The fourth-order valence-electron chi connectivity index (χ4n) is 2.89. The molecule has 0 spiro atoms. The quantitative estimate of drug-likeness (QED) is 0.183. The molecule has 0 fully saturated rings. The molecule has 0 saturated heterocycles. The van der Waals surface area contributed by atoms with E-state index in [4.69, 9.17) is 0 Å². The van der Waals surface area contributed by atoms with Crippen LogP contribution in [0.5, 0.6) is 0 Å². The zero-order valence-corrected chi connectivity index (χ0v) is 16.5. The predicted octanol–water partition coefficient (Wildman–Crippen LogP) is 7.95. The van der Waals surface area contributed by atoms with Gasteiger partial charge in [0, 0.05) is 6.42 Å². The summed E-state index contributed by atoms with van der Waals surface area (Å²) >= 11 is 0. The lowest BCUT2D eigenvalue weighted by Gasteiger charge is -2.01. The van der Waals surface area contributed by atoms with Crippen molar-refractivity contribution < 1.29 is 4.79 Å². The van der Waals surface area contributed by atoms with E-state index in [1.54, 1.807) is 6.92 Å². The number of rotatable bonds is 18. The molecule has 0 aliphatic heterocycles. The Balaban J connectivity index is 3.14. The number of allylic oxidation sites excluding steroid dienone is 4. The summed E-state index contributed by atoms with van der Waals surface area (Å²) in [5, 5.41) is 0. The van der Waals surface area contributed by atoms with Crippen LogP contribution in [0, 0.1) is 0 Å². The maximum absolute atomic E-state index is 10.8. The molecule has 1 heteroatoms. The molecule has 0 aliphatic rings. The first-order valence-corrected chi connectivity index (χ1v) is 10.6. The fraction of sp³-hybridized carbons (Fsp3) is 0.783. The van der Waals surface area contributed by atoms with Crippen LogP contribution in [0.15, 0.2) is 24.3 Å². The second-order valence-corrected chi connectivity index (χ2v) is 7.10. The monoisotopic (exact) mass is 334 g/mol. The van der Waals surface area contributed by atoms with Gasteiger partial charge in [0.05, 0.1) is 0 Å². The number of hydrogen-bond acceptors (Lipinski definition) is 1. The summed E-state index contributed by atoms with van der Waals surface area (Å²) in [7, 11) is 0. The molecule has 0 amide bonds. The lowest BCUT2D eigenvalue weighted by molar-refractivity contribution is -0.117. The van der Waals surface area contributed by atoms with Crippen molar-refractivity contribution in [2.45, 2.75) is 117 Å². The highest BCUT2D eigenvalue weighted by Gasteiger charge is 1.95. The fourth-order valence-corrected chi connectivity index (χ4v) is 2.89. The highest BCUT2D eigenvalue weighted by Crippen LogP contribution is 2.11. The molecule has 140 valence electrons. The third-order valence-corrected chi connectivity index (χ3v) is 4.48. The van der Waals surface area contributed by atoms with Crippen LogP contribution in [-0.4, -0.2) is 5.78 Å². The summed E-state index contributed by atoms with van der Waals surface area (Å²) in [5.41, 5.74) is 0. The van der Waals surface area contributed by atoms with Crippen LogP contribution in [0.1, 0.15) is 117 Å². The molecule has 0 bridgehead atoms. The summed E-state index contributed by atoms with van der Waals surface area (Å²) < 4.78 is 0. The van der Waals surface area contributed by atoms with Crippen LogP contribution < -0.4 is 0 Å². The lowest BCUT2D eigenvalue weighted by Crippen LogP contribution is -1.89. The molecule has 0 rings (SSSR count). The minimum Gasteiger partial charge on any atom is -0.300 e.